The first-order valence-electron chi connectivity index (χ1n) is 3.35. The number of hydrogen-bond acceptors (Lipinski definition) is 6. The van der Waals surface area contributed by atoms with Crippen molar-refractivity contribution >= 4 is 11.9 Å². The zero-order chi connectivity index (χ0) is 10.4. The summed E-state index contributed by atoms with van der Waals surface area (Å²) in [7, 11) is 0. The molecule has 4 N–H and O–H groups in total. The Balaban J connectivity index is 4.26. The Kier molecular flexibility index (Phi) is 4.97. The van der Waals surface area contributed by atoms with Gasteiger partial charge >= 0.3 is 11.9 Å². The molecule has 0 spiro atoms. The lowest BCUT2D eigenvalue weighted by Crippen LogP contribution is -2.40. The third-order valence-electron chi connectivity index (χ3n) is 1.17. The topological polar surface area (TPSA) is 124 Å². The molecule has 0 aromatic carbocycles. The van der Waals surface area contributed by atoms with Crippen LogP contribution >= 0.6 is 0 Å². The van der Waals surface area contributed by atoms with Gasteiger partial charge in [0.2, 0.25) is 6.10 Å². The van der Waals surface area contributed by atoms with Crippen LogP contribution in [0.4, 0.5) is 0 Å². The van der Waals surface area contributed by atoms with Gasteiger partial charge in [-0.1, -0.05) is 0 Å². The van der Waals surface area contributed by atoms with E-state index in [0.29, 0.717) is 0 Å². The number of esters is 1. The van der Waals surface area contributed by atoms with Crippen LogP contribution in [0.25, 0.3) is 0 Å². The second-order valence-corrected chi connectivity index (χ2v) is 2.16. The van der Waals surface area contributed by atoms with E-state index < -0.39 is 37.4 Å². The van der Waals surface area contributed by atoms with Gasteiger partial charge in [0.25, 0.3) is 0 Å². The van der Waals surface area contributed by atoms with Crippen LogP contribution in [0.15, 0.2) is 0 Å². The largest absolute Gasteiger partial charge is 0.478 e. The lowest BCUT2D eigenvalue weighted by molar-refractivity contribution is -0.175. The molecule has 2 atom stereocenters. The second-order valence-electron chi connectivity index (χ2n) is 2.16. The number of carbonyl (C=O) groups is 2. The first-order valence-corrected chi connectivity index (χ1v) is 3.35. The van der Waals surface area contributed by atoms with Crippen LogP contribution in [0.2, 0.25) is 0 Å². The van der Waals surface area contributed by atoms with Gasteiger partial charge in [0.05, 0.1) is 6.61 Å². The van der Waals surface area contributed by atoms with E-state index in [1.165, 1.54) is 0 Å². The number of ether oxygens (including phenoxy) is 1. The van der Waals surface area contributed by atoms with Crippen LogP contribution in [0.5, 0.6) is 0 Å². The van der Waals surface area contributed by atoms with Gasteiger partial charge < -0.3 is 25.2 Å². The summed E-state index contributed by atoms with van der Waals surface area (Å²) in [6, 6.07) is 0. The summed E-state index contributed by atoms with van der Waals surface area (Å²) in [4.78, 5) is 20.7. The fourth-order valence-corrected chi connectivity index (χ4v) is 0.568. The molecular formula is C6H10O7. The van der Waals surface area contributed by atoms with Gasteiger partial charge in [-0.25, -0.2) is 9.59 Å². The summed E-state index contributed by atoms with van der Waals surface area (Å²) in [5.74, 6) is -2.77. The van der Waals surface area contributed by atoms with Crippen molar-refractivity contribution in [2.75, 3.05) is 13.2 Å². The molecule has 7 heteroatoms. The first kappa shape index (κ1) is 11.8. The number of hydrogen-bond donors (Lipinski definition) is 4. The average Bonchev–Trinajstić information content (AvgIpc) is 2.11. The molecular weight excluding hydrogens is 184 g/mol. The maximum Gasteiger partial charge on any atom is 0.347 e. The first-order chi connectivity index (χ1) is 6.02. The maximum atomic E-state index is 10.4. The SMILES string of the molecule is O=C(CO)OC(C(=O)O)C(O)CO. The molecule has 0 aliphatic rings. The molecule has 13 heavy (non-hydrogen) atoms. The van der Waals surface area contributed by atoms with Crippen LogP contribution in [0.1, 0.15) is 0 Å². The van der Waals surface area contributed by atoms with Crippen molar-refractivity contribution in [2.45, 2.75) is 12.2 Å². The van der Waals surface area contributed by atoms with Crippen LogP contribution in [0.3, 0.4) is 0 Å². The third-order valence-corrected chi connectivity index (χ3v) is 1.17. The lowest BCUT2D eigenvalue weighted by atomic mass is 10.2. The monoisotopic (exact) mass is 194 g/mol. The minimum absolute atomic E-state index is 0.852. The van der Waals surface area contributed by atoms with Crippen molar-refractivity contribution in [1.82, 2.24) is 0 Å². The minimum atomic E-state index is -1.86. The van der Waals surface area contributed by atoms with E-state index in [4.69, 9.17) is 20.4 Å². The summed E-state index contributed by atoms with van der Waals surface area (Å²) < 4.78 is 4.12. The van der Waals surface area contributed by atoms with Crippen molar-refractivity contribution in [3.63, 3.8) is 0 Å². The van der Waals surface area contributed by atoms with E-state index in [-0.39, 0.29) is 0 Å². The van der Waals surface area contributed by atoms with Gasteiger partial charge in [0, 0.05) is 0 Å². The van der Waals surface area contributed by atoms with Gasteiger partial charge in [-0.2, -0.15) is 0 Å². The Morgan fingerprint density at radius 3 is 2.15 bits per heavy atom. The van der Waals surface area contributed by atoms with E-state index in [9.17, 15) is 9.59 Å². The molecule has 0 saturated heterocycles. The zero-order valence-electron chi connectivity index (χ0n) is 6.58. The number of aliphatic carboxylic acids is 1. The quantitative estimate of drug-likeness (QED) is 0.352. The molecule has 0 fully saturated rings. The molecule has 0 aliphatic carbocycles. The van der Waals surface area contributed by atoms with E-state index in [1.807, 2.05) is 0 Å². The number of rotatable bonds is 5. The Morgan fingerprint density at radius 2 is 1.85 bits per heavy atom. The molecule has 0 rings (SSSR count). The van der Waals surface area contributed by atoms with E-state index in [1.54, 1.807) is 0 Å². The van der Waals surface area contributed by atoms with Gasteiger partial charge in [-0.05, 0) is 0 Å². The number of carboxylic acid groups (broad SMARTS) is 1. The van der Waals surface area contributed by atoms with Crippen LogP contribution in [0, 0.1) is 0 Å². The Labute approximate surface area is 73.2 Å². The summed E-state index contributed by atoms with van der Waals surface area (Å²) in [5, 5.41) is 33.8. The molecule has 0 bridgehead atoms. The standard InChI is InChI=1S/C6H10O7/c7-1-3(9)5(6(11)12)13-4(10)2-8/h3,5,7-9H,1-2H2,(H,11,12). The van der Waals surface area contributed by atoms with Crippen molar-refractivity contribution in [3.8, 4) is 0 Å². The molecule has 0 saturated carbocycles. The van der Waals surface area contributed by atoms with Crippen molar-refractivity contribution < 1.29 is 34.8 Å². The van der Waals surface area contributed by atoms with Crippen LogP contribution in [-0.2, 0) is 14.3 Å². The van der Waals surface area contributed by atoms with Crippen molar-refractivity contribution in [2.24, 2.45) is 0 Å². The molecule has 76 valence electrons. The molecule has 0 aromatic heterocycles. The molecule has 0 amide bonds. The highest BCUT2D eigenvalue weighted by Gasteiger charge is 2.29. The number of aliphatic hydroxyl groups is 3. The molecule has 7 nitrogen and oxygen atoms in total. The Morgan fingerprint density at radius 1 is 1.31 bits per heavy atom. The zero-order valence-corrected chi connectivity index (χ0v) is 6.58. The summed E-state index contributed by atoms with van der Waals surface area (Å²) in [6.07, 6.45) is -3.56. The van der Waals surface area contributed by atoms with E-state index in [0.717, 1.165) is 0 Å². The third kappa shape index (κ3) is 3.83. The van der Waals surface area contributed by atoms with Crippen molar-refractivity contribution in [3.05, 3.63) is 0 Å². The predicted octanol–water partition coefficient (Wildman–Crippen LogP) is -2.67. The lowest BCUT2D eigenvalue weighted by Gasteiger charge is -2.16. The van der Waals surface area contributed by atoms with Gasteiger partial charge in [0.1, 0.15) is 12.7 Å². The predicted molar refractivity (Wildman–Crippen MR) is 37.7 cm³/mol. The van der Waals surface area contributed by atoms with Crippen LogP contribution < -0.4 is 0 Å². The number of aliphatic hydroxyl groups excluding tert-OH is 3. The highest BCUT2D eigenvalue weighted by Crippen LogP contribution is 2.00. The normalized spacial score (nSPS) is 14.7. The number of carboxylic acids is 1. The minimum Gasteiger partial charge on any atom is -0.478 e. The van der Waals surface area contributed by atoms with Gasteiger partial charge in [-0.3, -0.25) is 0 Å². The summed E-state index contributed by atoms with van der Waals surface area (Å²) in [6.45, 7) is -1.84. The molecule has 0 heterocycles. The fourth-order valence-electron chi connectivity index (χ4n) is 0.568. The Bertz CT molecular complexity index is 189. The van der Waals surface area contributed by atoms with E-state index >= 15 is 0 Å². The van der Waals surface area contributed by atoms with Gasteiger partial charge in [0.15, 0.2) is 0 Å². The molecule has 0 radical (unpaired) electrons. The molecule has 0 aliphatic heterocycles. The Hall–Kier alpha value is -1.18. The second kappa shape index (κ2) is 5.46. The van der Waals surface area contributed by atoms with Crippen LogP contribution in [-0.4, -0.2) is 57.8 Å². The van der Waals surface area contributed by atoms with Crippen molar-refractivity contribution in [1.29, 1.82) is 0 Å². The number of carbonyl (C=O) groups excluding carboxylic acids is 1. The smallest absolute Gasteiger partial charge is 0.347 e. The van der Waals surface area contributed by atoms with Gasteiger partial charge in [-0.15, -0.1) is 0 Å². The molecule has 0 aromatic rings. The average molecular weight is 194 g/mol. The fraction of sp³-hybridized carbons (Fsp3) is 0.667. The molecule has 2 unspecified atom stereocenters. The maximum absolute atomic E-state index is 10.4. The summed E-state index contributed by atoms with van der Waals surface area (Å²) >= 11 is 0. The highest BCUT2D eigenvalue weighted by molar-refractivity contribution is 5.78. The summed E-state index contributed by atoms with van der Waals surface area (Å²) in [5.41, 5.74) is 0. The van der Waals surface area contributed by atoms with E-state index in [2.05, 4.69) is 4.74 Å². The highest BCUT2D eigenvalue weighted by atomic mass is 16.6.